The first-order valence-electron chi connectivity index (χ1n) is 40.4. The Bertz CT molecular complexity index is 5980. The number of carbonyl (C=O) groups excluding carboxylic acids is 4. The van der Waals surface area contributed by atoms with E-state index >= 15 is 0 Å². The predicted molar refractivity (Wildman–Crippen MR) is 490 cm³/mol. The Hall–Kier alpha value is -12.6. The van der Waals surface area contributed by atoms with E-state index in [1.54, 1.807) is 135 Å². The van der Waals surface area contributed by atoms with Crippen LogP contribution in [0.4, 0.5) is 38.7 Å². The van der Waals surface area contributed by atoms with Crippen molar-refractivity contribution in [2.75, 3.05) is 121 Å². The molecule has 12 heterocycles. The van der Waals surface area contributed by atoms with E-state index in [4.69, 9.17) is 82.4 Å². The van der Waals surface area contributed by atoms with E-state index in [2.05, 4.69) is 45.2 Å². The lowest BCUT2D eigenvalue weighted by Gasteiger charge is -2.26. The maximum absolute atomic E-state index is 13.5. The highest BCUT2D eigenvalue weighted by atomic mass is 35.5. The molecule has 16 rings (SSSR count). The molecule has 11 aromatic rings. The van der Waals surface area contributed by atoms with Gasteiger partial charge in [-0.2, -0.15) is 0 Å². The number of anilines is 5. The van der Waals surface area contributed by atoms with Crippen molar-refractivity contribution in [1.29, 1.82) is 0 Å². The first kappa shape index (κ1) is 96.6. The minimum Gasteiger partial charge on any atom is -0.478 e. The van der Waals surface area contributed by atoms with Crippen LogP contribution in [0.5, 0.6) is 0 Å². The van der Waals surface area contributed by atoms with Crippen molar-refractivity contribution in [3.05, 3.63) is 204 Å². The van der Waals surface area contributed by atoms with Crippen LogP contribution in [0.1, 0.15) is 104 Å². The van der Waals surface area contributed by atoms with Gasteiger partial charge in [0.15, 0.2) is 34.4 Å². The fourth-order valence-electron chi connectivity index (χ4n) is 14.7. The van der Waals surface area contributed by atoms with Crippen LogP contribution in [0.3, 0.4) is 0 Å². The molecule has 42 heteroatoms. The molecule has 12 N–H and O–H groups in total. The molecule has 4 fully saturated rings. The number of carbonyl (C=O) groups is 5. The van der Waals surface area contributed by atoms with Gasteiger partial charge in [0.05, 0.1) is 47.7 Å². The van der Waals surface area contributed by atoms with Gasteiger partial charge in [-0.1, -0.05) is 84.2 Å². The third-order valence-corrected chi connectivity index (χ3v) is 21.3. The molecule has 5 aliphatic heterocycles. The fraction of sp³-hybridized carbons (Fsp3) is 0.388. The smallest absolute Gasteiger partial charge is 0.478 e. The summed E-state index contributed by atoms with van der Waals surface area (Å²) in [6, 6.07) is 27.4. The molecule has 0 bridgehead atoms. The van der Waals surface area contributed by atoms with E-state index in [-0.39, 0.29) is 90.4 Å². The number of nitrogens with two attached hydrogens (primary N) is 4. The normalized spacial score (nSPS) is 16.6. The molecule has 4 aromatic carbocycles. The molecule has 7 aromatic heterocycles. The van der Waals surface area contributed by atoms with Gasteiger partial charge in [-0.15, -0.1) is 0 Å². The molecule has 5 aliphatic rings. The summed E-state index contributed by atoms with van der Waals surface area (Å²) < 4.78 is 20.3. The number of benzene rings is 4. The molecular weight excluding hydrogens is 1700 g/mol. The van der Waals surface area contributed by atoms with Crippen LogP contribution in [0.25, 0.3) is 50.6 Å². The van der Waals surface area contributed by atoms with Gasteiger partial charge in [-0.25, -0.2) is 68.6 Å². The van der Waals surface area contributed by atoms with Crippen LogP contribution in [0.2, 0.25) is 15.1 Å². The average Bonchev–Trinajstić information content (AvgIpc) is 1.60. The number of aliphatic carboxylic acids is 1. The number of ether oxygens (including phenoxy) is 2. The molecular formula is C85H107BCl3N25O13. The number of aryl methyl sites for hydroxylation is 1. The van der Waals surface area contributed by atoms with Crippen molar-refractivity contribution in [3.8, 4) is 17.1 Å². The summed E-state index contributed by atoms with van der Waals surface area (Å²) in [5.74, 6) is 0.604. The lowest BCUT2D eigenvalue weighted by molar-refractivity contribution is -0.131. The van der Waals surface area contributed by atoms with Gasteiger partial charge in [0.2, 0.25) is 11.8 Å². The Morgan fingerprint density at radius 1 is 0.512 bits per heavy atom. The summed E-state index contributed by atoms with van der Waals surface area (Å²) in [6.07, 6.45) is 13.9. The van der Waals surface area contributed by atoms with Gasteiger partial charge in [-0.05, 0) is 187 Å². The third-order valence-electron chi connectivity index (χ3n) is 20.5. The summed E-state index contributed by atoms with van der Waals surface area (Å²) in [6.45, 7) is 18.7. The molecule has 127 heavy (non-hydrogen) atoms. The molecule has 0 saturated carbocycles. The molecule has 0 radical (unpaired) electrons. The quantitative estimate of drug-likeness (QED) is 0.0385. The monoisotopic (exact) mass is 1800 g/mol. The standard InChI is InChI=1S/C21H24ClN7O2.C20H23ClN6O3.C15H15ClN6O.C15H21N5O3.C7H9BO2.C6H11NO2.CH4/c1-26(2)10-3-4-17(30)27-11-9-16(12-27)29-20-18(19(23)24-13-25-20)28(21(29)31)15-7-5-14(22)6-8-15;1-20(2,3)30-19(29)25-9-8-14(10-25)27-17-15(16(22)23-11-24-17)26(18(27)28)13-6-4-12(21)5-7-13;16-9-1-3-10(4-2-9)21-12-13(17)19-8-20-14(12)22(15(21)23)11-5-6-18-7-11;1-15(2,3)23-14(22)19-5-4-9(7-19)20-11(21)6-10-12(16)17-8-18-13(10)20;1-6-2-4-7(5-3-6)8(9)10;1-7(2)5-3-4-6(8)9;/h3-8,13,16H,9-12H2,1-2H3,(H2,23,24,25);4-7,11,14H,8-10H2,1-3H3,(H2,22,23,24);1-4,8,11,18H,5-7H2,(H2,17,19,20);8-9H,4-7H2,1-3H3,(H2,16,17,18);2-5,9-10H,1H3;3-4H,5H2,1-2H3,(H,8,9);1H4/b4-3+;;;;;4-3+;/t16-;14-;11-;9-;;;/m1111.../s1. The van der Waals surface area contributed by atoms with E-state index in [1.807, 2.05) is 105 Å². The Morgan fingerprint density at radius 2 is 0.882 bits per heavy atom. The van der Waals surface area contributed by atoms with Gasteiger partial charge < -0.3 is 77.4 Å². The number of carboxylic acids is 1. The number of nitrogens with zero attached hydrogens (tertiary/aromatic N) is 20. The molecule has 674 valence electrons. The second-order valence-corrected chi connectivity index (χ2v) is 34.1. The van der Waals surface area contributed by atoms with Crippen molar-refractivity contribution in [2.24, 2.45) is 0 Å². The number of hydrogen-bond donors (Lipinski definition) is 8. The number of likely N-dealkylation sites (tertiary alicyclic amines) is 3. The summed E-state index contributed by atoms with van der Waals surface area (Å²) in [7, 11) is 6.30. The average molecular weight is 1800 g/mol. The Kier molecular flexibility index (Phi) is 32.0. The summed E-state index contributed by atoms with van der Waals surface area (Å²) in [5, 5.41) is 30.5. The zero-order valence-corrected chi connectivity index (χ0v) is 73.9. The van der Waals surface area contributed by atoms with Crippen LogP contribution < -0.4 is 55.7 Å². The van der Waals surface area contributed by atoms with E-state index in [0.717, 1.165) is 31.1 Å². The zero-order valence-electron chi connectivity index (χ0n) is 71.7. The zero-order chi connectivity index (χ0) is 91.3. The van der Waals surface area contributed by atoms with Gasteiger partial charge >= 0.3 is 42.3 Å². The maximum atomic E-state index is 13.5. The van der Waals surface area contributed by atoms with Crippen molar-refractivity contribution in [1.82, 2.24) is 97.1 Å². The number of amides is 4. The van der Waals surface area contributed by atoms with Gasteiger partial charge in [0, 0.05) is 91.7 Å². The Balaban J connectivity index is 0.000000165. The minimum absolute atomic E-state index is 0. The van der Waals surface area contributed by atoms with Crippen molar-refractivity contribution in [3.63, 3.8) is 0 Å². The fourth-order valence-corrected chi connectivity index (χ4v) is 15.1. The van der Waals surface area contributed by atoms with Crippen LogP contribution in [0, 0.1) is 6.92 Å². The lowest BCUT2D eigenvalue weighted by Crippen LogP contribution is -2.42. The van der Waals surface area contributed by atoms with Gasteiger partial charge in [0.25, 0.3) is 0 Å². The number of hydrogen-bond acceptors (Lipinski definition) is 27. The Labute approximate surface area is 747 Å². The lowest BCUT2D eigenvalue weighted by atomic mass is 9.80. The summed E-state index contributed by atoms with van der Waals surface area (Å²) >= 11 is 18.0. The van der Waals surface area contributed by atoms with Crippen molar-refractivity contribution >= 4 is 140 Å². The number of fused-ring (bicyclic) bond motifs is 4. The number of halogens is 3. The van der Waals surface area contributed by atoms with Crippen LogP contribution in [0.15, 0.2) is 161 Å². The van der Waals surface area contributed by atoms with E-state index < -0.39 is 30.4 Å². The molecule has 38 nitrogen and oxygen atoms in total. The van der Waals surface area contributed by atoms with Crippen LogP contribution >= 0.6 is 34.8 Å². The van der Waals surface area contributed by atoms with E-state index in [1.165, 1.54) is 34.4 Å². The second kappa shape index (κ2) is 42.1. The second-order valence-electron chi connectivity index (χ2n) is 32.8. The molecule has 0 unspecified atom stereocenters. The highest BCUT2D eigenvalue weighted by Gasteiger charge is 2.42. The van der Waals surface area contributed by atoms with Gasteiger partial charge in [0.1, 0.15) is 64.7 Å². The van der Waals surface area contributed by atoms with E-state index in [0.29, 0.717) is 160 Å². The third kappa shape index (κ3) is 23.7. The molecule has 4 atom stereocenters. The number of imidazole rings is 3. The SMILES string of the molecule is C.CC(C)(C)OC(=O)N1CC[C@@H](N2C(=O)Cc3c(N)ncnc32)C1.CC(C)(C)OC(=O)N1CC[C@@H](n2c(=O)n(-c3ccc(Cl)cc3)c3c(N)ncnc32)C1.CN(C)C/C=C/C(=O)N1CC[C@@H](n2c(=O)n(-c3ccc(Cl)cc3)c3c(N)ncnc32)C1.CN(C)C/C=C/C(=O)O.Cc1ccc(B(O)O)cc1.Nc1ncnc2c1n(-c1ccc(Cl)cc1)c(=O)n2[C@@H]1CCNC1. The predicted octanol–water partition coefficient (Wildman–Crippen LogP) is 7.52. The number of nitrogens with one attached hydrogen (secondary N) is 1. The van der Waals surface area contributed by atoms with Crippen molar-refractivity contribution < 1.29 is 48.6 Å². The van der Waals surface area contributed by atoms with Crippen LogP contribution in [-0.2, 0) is 30.3 Å². The first-order chi connectivity index (χ1) is 59.8. The van der Waals surface area contributed by atoms with Crippen LogP contribution in [-0.4, -0.2) is 255 Å². The highest BCUT2D eigenvalue weighted by molar-refractivity contribution is 6.58. The number of aromatic nitrogens is 14. The number of rotatable bonds is 14. The number of nitrogen functional groups attached to an aromatic ring is 4. The van der Waals surface area contributed by atoms with Gasteiger partial charge in [-0.3, -0.25) is 41.9 Å². The van der Waals surface area contributed by atoms with E-state index in [9.17, 15) is 38.4 Å². The molecule has 0 spiro atoms. The first-order valence-corrected chi connectivity index (χ1v) is 41.5. The molecule has 4 amide bonds. The highest BCUT2D eigenvalue weighted by Crippen LogP contribution is 2.36. The van der Waals surface area contributed by atoms with Crippen molar-refractivity contribution in [2.45, 2.75) is 123 Å². The molecule has 4 saturated heterocycles. The number of likely N-dealkylation sites (N-methyl/N-ethyl adjacent to an activating group) is 2. The topological polar surface area (TPSA) is 484 Å². The largest absolute Gasteiger partial charge is 0.488 e. The number of carboxylic acid groups (broad SMARTS) is 1. The summed E-state index contributed by atoms with van der Waals surface area (Å²) in [4.78, 5) is 143. The molecule has 0 aliphatic carbocycles. The maximum Gasteiger partial charge on any atom is 0.488 e. The Morgan fingerprint density at radius 3 is 1.27 bits per heavy atom. The minimum atomic E-state index is -1.35. The summed E-state index contributed by atoms with van der Waals surface area (Å²) in [5.41, 5.74) is 29.4.